The van der Waals surface area contributed by atoms with Crippen molar-refractivity contribution in [3.8, 4) is 0 Å². The Hall–Kier alpha value is -1.84. The predicted molar refractivity (Wildman–Crippen MR) is 93.4 cm³/mol. The fraction of sp³-hybridized carbons (Fsp3) is 0.579. The van der Waals surface area contributed by atoms with E-state index in [1.165, 1.54) is 0 Å². The average Bonchev–Trinajstić information content (AvgIpc) is 2.93. The lowest BCUT2D eigenvalue weighted by Crippen LogP contribution is -2.29. The van der Waals surface area contributed by atoms with Crippen LogP contribution in [-0.2, 0) is 9.59 Å². The molecule has 0 saturated carbocycles. The molecule has 1 fully saturated rings. The van der Waals surface area contributed by atoms with Crippen LogP contribution >= 0.6 is 0 Å². The van der Waals surface area contributed by atoms with Gasteiger partial charge >= 0.3 is 0 Å². The number of carbonyl (C=O) groups is 2. The highest BCUT2D eigenvalue weighted by Gasteiger charge is 2.34. The first-order chi connectivity index (χ1) is 11.1. The molecule has 0 bridgehead atoms. The van der Waals surface area contributed by atoms with Gasteiger partial charge in [0.05, 0.1) is 5.92 Å². The van der Waals surface area contributed by atoms with Crippen LogP contribution in [0.3, 0.4) is 0 Å². The molecule has 126 valence electrons. The lowest BCUT2D eigenvalue weighted by molar-refractivity contribution is -0.128. The molecule has 4 nitrogen and oxygen atoms in total. The second kappa shape index (κ2) is 8.14. The zero-order valence-corrected chi connectivity index (χ0v) is 14.5. The maximum atomic E-state index is 12.6. The minimum atomic E-state index is -0.232. The summed E-state index contributed by atoms with van der Waals surface area (Å²) in [6, 6.07) is 7.96. The molecule has 4 heteroatoms. The van der Waals surface area contributed by atoms with Gasteiger partial charge in [-0.3, -0.25) is 9.59 Å². The number of rotatable bonds is 7. The third-order valence-corrected chi connectivity index (χ3v) is 4.73. The van der Waals surface area contributed by atoms with Crippen molar-refractivity contribution in [2.45, 2.75) is 52.4 Å². The highest BCUT2D eigenvalue weighted by atomic mass is 16.2. The highest BCUT2D eigenvalue weighted by molar-refractivity contribution is 5.97. The van der Waals surface area contributed by atoms with Crippen LogP contribution in [-0.4, -0.2) is 29.8 Å². The molecular weight excluding hydrogens is 288 g/mol. The smallest absolute Gasteiger partial charge is 0.229 e. The normalized spacial score (nSPS) is 19.0. The number of carbonyl (C=O) groups excluding carboxylic acids is 2. The number of amides is 2. The van der Waals surface area contributed by atoms with Gasteiger partial charge in [-0.25, -0.2) is 0 Å². The Kier molecular flexibility index (Phi) is 6.20. The predicted octanol–water partition coefficient (Wildman–Crippen LogP) is 3.79. The van der Waals surface area contributed by atoms with E-state index in [4.69, 9.17) is 0 Å². The van der Waals surface area contributed by atoms with Crippen molar-refractivity contribution in [3.05, 3.63) is 29.8 Å². The summed E-state index contributed by atoms with van der Waals surface area (Å²) in [5, 5.41) is 3.05. The van der Waals surface area contributed by atoms with Gasteiger partial charge < -0.3 is 10.2 Å². The molecule has 0 aliphatic carbocycles. The number of unbranched alkanes of at least 4 members (excludes halogenated alkanes) is 1. The molecule has 1 aromatic carbocycles. The quantitative estimate of drug-likeness (QED) is 0.832. The molecule has 0 unspecified atom stereocenters. The van der Waals surface area contributed by atoms with Gasteiger partial charge in [0.2, 0.25) is 11.8 Å². The molecule has 1 heterocycles. The van der Waals surface area contributed by atoms with Gasteiger partial charge in [0.15, 0.2) is 0 Å². The zero-order chi connectivity index (χ0) is 16.8. The van der Waals surface area contributed by atoms with E-state index in [2.05, 4.69) is 32.2 Å². The minimum Gasteiger partial charge on any atom is -0.342 e. The van der Waals surface area contributed by atoms with Gasteiger partial charge in [0, 0.05) is 25.2 Å². The average molecular weight is 316 g/mol. The molecule has 2 rings (SSSR count). The molecule has 1 saturated heterocycles. The Bertz CT molecular complexity index is 556. The first-order valence-electron chi connectivity index (χ1n) is 8.74. The van der Waals surface area contributed by atoms with Crippen LogP contribution < -0.4 is 5.32 Å². The Morgan fingerprint density at radius 2 is 2.09 bits per heavy atom. The molecule has 0 radical (unpaired) electrons. The van der Waals surface area contributed by atoms with Crippen LogP contribution in [0, 0.1) is 5.92 Å². The van der Waals surface area contributed by atoms with E-state index in [1.54, 1.807) is 0 Å². The number of anilines is 1. The van der Waals surface area contributed by atoms with Crippen molar-refractivity contribution in [1.29, 1.82) is 0 Å². The maximum absolute atomic E-state index is 12.6. The number of hydrogen-bond acceptors (Lipinski definition) is 2. The summed E-state index contributed by atoms with van der Waals surface area (Å²) in [5.41, 5.74) is 2.04. The second-order valence-corrected chi connectivity index (χ2v) is 6.48. The molecule has 0 spiro atoms. The molecule has 2 amide bonds. The zero-order valence-electron chi connectivity index (χ0n) is 14.5. The van der Waals surface area contributed by atoms with Gasteiger partial charge in [-0.1, -0.05) is 45.4 Å². The van der Waals surface area contributed by atoms with E-state index < -0.39 is 0 Å². The molecule has 23 heavy (non-hydrogen) atoms. The van der Waals surface area contributed by atoms with Crippen LogP contribution in [0.2, 0.25) is 0 Å². The van der Waals surface area contributed by atoms with Crippen molar-refractivity contribution in [3.63, 3.8) is 0 Å². The van der Waals surface area contributed by atoms with Gasteiger partial charge in [-0.05, 0) is 30.4 Å². The van der Waals surface area contributed by atoms with Crippen LogP contribution in [0.25, 0.3) is 0 Å². The molecule has 1 aliphatic rings. The van der Waals surface area contributed by atoms with E-state index in [1.807, 2.05) is 23.1 Å². The third kappa shape index (κ3) is 4.34. The monoisotopic (exact) mass is 316 g/mol. The lowest BCUT2D eigenvalue weighted by Gasteiger charge is -2.18. The first-order valence-corrected chi connectivity index (χ1v) is 8.74. The van der Waals surface area contributed by atoms with Gasteiger partial charge in [0.25, 0.3) is 0 Å². The SMILES string of the molecule is CCCCN1C[C@@H](C(=O)Nc2ccccc2[C@H](C)CC)CC1=O. The van der Waals surface area contributed by atoms with Crippen LogP contribution in [0.4, 0.5) is 5.69 Å². The van der Waals surface area contributed by atoms with Crippen LogP contribution in [0.5, 0.6) is 0 Å². The van der Waals surface area contributed by atoms with E-state index in [0.29, 0.717) is 18.9 Å². The number of para-hydroxylation sites is 1. The summed E-state index contributed by atoms with van der Waals surface area (Å²) in [7, 11) is 0. The summed E-state index contributed by atoms with van der Waals surface area (Å²) in [6.45, 7) is 7.73. The summed E-state index contributed by atoms with van der Waals surface area (Å²) in [6.07, 6.45) is 3.42. The summed E-state index contributed by atoms with van der Waals surface area (Å²) in [5.74, 6) is 0.240. The van der Waals surface area contributed by atoms with E-state index >= 15 is 0 Å². The Labute approximate surface area is 139 Å². The molecule has 1 aliphatic heterocycles. The van der Waals surface area contributed by atoms with Crippen LogP contribution in [0.1, 0.15) is 57.9 Å². The van der Waals surface area contributed by atoms with Gasteiger partial charge in [-0.15, -0.1) is 0 Å². The molecule has 2 atom stereocenters. The lowest BCUT2D eigenvalue weighted by atomic mass is 9.96. The maximum Gasteiger partial charge on any atom is 0.229 e. The Balaban J connectivity index is 2.02. The number of hydrogen-bond donors (Lipinski definition) is 1. The van der Waals surface area contributed by atoms with Gasteiger partial charge in [-0.2, -0.15) is 0 Å². The highest BCUT2D eigenvalue weighted by Crippen LogP contribution is 2.28. The fourth-order valence-corrected chi connectivity index (χ4v) is 3.01. The topological polar surface area (TPSA) is 49.4 Å². The van der Waals surface area contributed by atoms with Crippen LogP contribution in [0.15, 0.2) is 24.3 Å². The fourth-order valence-electron chi connectivity index (χ4n) is 3.01. The largest absolute Gasteiger partial charge is 0.342 e. The third-order valence-electron chi connectivity index (χ3n) is 4.73. The van der Waals surface area contributed by atoms with Crippen molar-refractivity contribution in [2.75, 3.05) is 18.4 Å². The summed E-state index contributed by atoms with van der Waals surface area (Å²) in [4.78, 5) is 26.4. The molecule has 1 N–H and O–H groups in total. The van der Waals surface area contributed by atoms with Crippen molar-refractivity contribution in [2.24, 2.45) is 5.92 Å². The summed E-state index contributed by atoms with van der Waals surface area (Å²) >= 11 is 0. The van der Waals surface area contributed by atoms with E-state index in [0.717, 1.165) is 37.1 Å². The standard InChI is InChI=1S/C19H28N2O2/c1-4-6-11-21-13-15(12-18(21)22)19(23)20-17-10-8-7-9-16(17)14(3)5-2/h7-10,14-15H,4-6,11-13H2,1-3H3,(H,20,23)/t14-,15+/m1/s1. The number of nitrogens with zero attached hydrogens (tertiary/aromatic N) is 1. The van der Waals surface area contributed by atoms with E-state index in [-0.39, 0.29) is 17.7 Å². The minimum absolute atomic E-state index is 0.0342. The van der Waals surface area contributed by atoms with Crippen molar-refractivity contribution in [1.82, 2.24) is 4.90 Å². The second-order valence-electron chi connectivity index (χ2n) is 6.48. The van der Waals surface area contributed by atoms with Gasteiger partial charge in [0.1, 0.15) is 0 Å². The first kappa shape index (κ1) is 17.5. The number of nitrogens with one attached hydrogen (secondary N) is 1. The van der Waals surface area contributed by atoms with Crippen molar-refractivity contribution < 1.29 is 9.59 Å². The molecule has 0 aromatic heterocycles. The number of likely N-dealkylation sites (tertiary alicyclic amines) is 1. The molecular formula is C19H28N2O2. The Morgan fingerprint density at radius 1 is 1.35 bits per heavy atom. The Morgan fingerprint density at radius 3 is 2.78 bits per heavy atom. The summed E-state index contributed by atoms with van der Waals surface area (Å²) < 4.78 is 0. The molecule has 1 aromatic rings. The van der Waals surface area contributed by atoms with E-state index in [9.17, 15) is 9.59 Å². The van der Waals surface area contributed by atoms with Crippen molar-refractivity contribution >= 4 is 17.5 Å². The number of benzene rings is 1.